The van der Waals surface area contributed by atoms with Crippen molar-refractivity contribution in [1.29, 1.82) is 0 Å². The highest BCUT2D eigenvalue weighted by atomic mass is 16.5. The Morgan fingerprint density at radius 3 is 2.63 bits per heavy atom. The molecule has 3 aromatic rings. The number of aliphatic hydroxyl groups excluding tert-OH is 1. The molecule has 1 fully saturated rings. The molecule has 1 aliphatic rings. The maximum Gasteiger partial charge on any atom is 0.335 e. The second-order valence-corrected chi connectivity index (χ2v) is 6.84. The van der Waals surface area contributed by atoms with Gasteiger partial charge in [-0.25, -0.2) is 14.5 Å². The van der Waals surface area contributed by atoms with Crippen molar-refractivity contribution < 1.29 is 19.7 Å². The van der Waals surface area contributed by atoms with Crippen LogP contribution in [0.25, 0.3) is 16.7 Å². The van der Waals surface area contributed by atoms with Gasteiger partial charge in [0.05, 0.1) is 23.0 Å². The Morgan fingerprint density at radius 1 is 1.30 bits per heavy atom. The van der Waals surface area contributed by atoms with Crippen molar-refractivity contribution in [3.8, 4) is 5.69 Å². The number of carboxylic acids is 1. The second-order valence-electron chi connectivity index (χ2n) is 6.84. The number of benzene rings is 1. The molecule has 0 unspecified atom stereocenters. The minimum atomic E-state index is -0.970. The SMILES string of the molecule is CCOC1([C@H](O)c2cnc3c(cnn3-c3ccc(C(=O)O)cc3)c2)CCC1. The Kier molecular flexibility index (Phi) is 4.41. The van der Waals surface area contributed by atoms with Crippen LogP contribution < -0.4 is 0 Å². The summed E-state index contributed by atoms with van der Waals surface area (Å²) < 4.78 is 7.50. The van der Waals surface area contributed by atoms with E-state index in [1.165, 1.54) is 12.1 Å². The van der Waals surface area contributed by atoms with Gasteiger partial charge in [0.25, 0.3) is 0 Å². The minimum absolute atomic E-state index is 0.218. The van der Waals surface area contributed by atoms with Crippen LogP contribution in [-0.2, 0) is 4.74 Å². The fourth-order valence-corrected chi connectivity index (χ4v) is 3.64. The predicted octanol–water partition coefficient (Wildman–Crippen LogP) is 3.11. The Morgan fingerprint density at radius 2 is 2.04 bits per heavy atom. The summed E-state index contributed by atoms with van der Waals surface area (Å²) >= 11 is 0. The standard InChI is InChI=1S/C20H21N3O4/c1-2-27-20(8-3-9-20)17(24)14-10-15-12-22-23(18(15)21-11-14)16-6-4-13(5-7-16)19(25)26/h4-7,10-12,17,24H,2-3,8-9H2,1H3,(H,25,26)/t17-/m1/s1. The molecule has 1 atom stereocenters. The predicted molar refractivity (Wildman–Crippen MR) is 99.0 cm³/mol. The number of nitrogens with zero attached hydrogens (tertiary/aromatic N) is 3. The average Bonchev–Trinajstić information content (AvgIpc) is 3.07. The molecule has 1 saturated carbocycles. The van der Waals surface area contributed by atoms with Crippen LogP contribution in [0.3, 0.4) is 0 Å². The zero-order chi connectivity index (χ0) is 19.0. The van der Waals surface area contributed by atoms with E-state index in [4.69, 9.17) is 9.84 Å². The number of ether oxygens (including phenoxy) is 1. The number of hydrogen-bond donors (Lipinski definition) is 2. The van der Waals surface area contributed by atoms with Crippen LogP contribution in [0.2, 0.25) is 0 Å². The van der Waals surface area contributed by atoms with Gasteiger partial charge in [0.1, 0.15) is 6.10 Å². The molecule has 2 aromatic heterocycles. The number of carboxylic acid groups (broad SMARTS) is 1. The van der Waals surface area contributed by atoms with Crippen LogP contribution in [-0.4, -0.2) is 43.2 Å². The third-order valence-electron chi connectivity index (χ3n) is 5.23. The molecule has 7 nitrogen and oxygen atoms in total. The summed E-state index contributed by atoms with van der Waals surface area (Å²) in [5, 5.41) is 25.0. The molecular weight excluding hydrogens is 346 g/mol. The molecule has 1 aromatic carbocycles. The fourth-order valence-electron chi connectivity index (χ4n) is 3.64. The van der Waals surface area contributed by atoms with E-state index in [1.54, 1.807) is 29.2 Å². The highest BCUT2D eigenvalue weighted by molar-refractivity contribution is 5.88. The maximum atomic E-state index is 11.0. The molecule has 140 valence electrons. The van der Waals surface area contributed by atoms with Gasteiger partial charge in [0, 0.05) is 23.8 Å². The molecule has 27 heavy (non-hydrogen) atoms. The zero-order valence-electron chi connectivity index (χ0n) is 15.0. The first-order valence-electron chi connectivity index (χ1n) is 9.03. The van der Waals surface area contributed by atoms with E-state index in [2.05, 4.69) is 10.1 Å². The third kappa shape index (κ3) is 2.98. The molecule has 4 rings (SSSR count). The summed E-state index contributed by atoms with van der Waals surface area (Å²) in [6, 6.07) is 8.34. The third-order valence-corrected chi connectivity index (χ3v) is 5.23. The quantitative estimate of drug-likeness (QED) is 0.695. The molecule has 2 heterocycles. The van der Waals surface area contributed by atoms with E-state index in [1.807, 2.05) is 13.0 Å². The van der Waals surface area contributed by atoms with E-state index in [0.717, 1.165) is 35.9 Å². The number of aliphatic hydroxyl groups is 1. The van der Waals surface area contributed by atoms with Gasteiger partial charge in [-0.1, -0.05) is 0 Å². The highest BCUT2D eigenvalue weighted by Crippen LogP contribution is 2.45. The van der Waals surface area contributed by atoms with Crippen molar-refractivity contribution in [2.24, 2.45) is 0 Å². The van der Waals surface area contributed by atoms with Crippen molar-refractivity contribution in [2.75, 3.05) is 6.61 Å². The molecule has 1 aliphatic carbocycles. The number of carbonyl (C=O) groups is 1. The van der Waals surface area contributed by atoms with Gasteiger partial charge in [-0.3, -0.25) is 0 Å². The number of fused-ring (bicyclic) bond motifs is 1. The lowest BCUT2D eigenvalue weighted by molar-refractivity contribution is -0.167. The summed E-state index contributed by atoms with van der Waals surface area (Å²) in [7, 11) is 0. The van der Waals surface area contributed by atoms with Crippen molar-refractivity contribution >= 4 is 17.0 Å². The summed E-state index contributed by atoms with van der Waals surface area (Å²) in [6.07, 6.45) is 5.37. The zero-order valence-corrected chi connectivity index (χ0v) is 15.0. The molecule has 0 spiro atoms. The minimum Gasteiger partial charge on any atom is -0.478 e. The van der Waals surface area contributed by atoms with Crippen LogP contribution in [0, 0.1) is 0 Å². The molecule has 0 saturated heterocycles. The lowest BCUT2D eigenvalue weighted by atomic mass is 9.74. The van der Waals surface area contributed by atoms with Crippen LogP contribution >= 0.6 is 0 Å². The van der Waals surface area contributed by atoms with Gasteiger partial charge in [0.2, 0.25) is 0 Å². The molecular formula is C20H21N3O4. The number of pyridine rings is 1. The average molecular weight is 367 g/mol. The Labute approximate surface area is 156 Å². The molecule has 0 aliphatic heterocycles. The van der Waals surface area contributed by atoms with Crippen LogP contribution in [0.5, 0.6) is 0 Å². The summed E-state index contributed by atoms with van der Waals surface area (Å²) in [6.45, 7) is 2.50. The largest absolute Gasteiger partial charge is 0.478 e. The lowest BCUT2D eigenvalue weighted by Crippen LogP contribution is -2.46. The Balaban J connectivity index is 1.66. The topological polar surface area (TPSA) is 97.5 Å². The summed E-state index contributed by atoms with van der Waals surface area (Å²) in [4.78, 5) is 15.5. The molecule has 0 bridgehead atoms. The first-order valence-corrected chi connectivity index (χ1v) is 9.03. The first kappa shape index (κ1) is 17.6. The van der Waals surface area contributed by atoms with Crippen molar-refractivity contribution in [3.05, 3.63) is 53.9 Å². The Hall–Kier alpha value is -2.77. The smallest absolute Gasteiger partial charge is 0.335 e. The molecule has 7 heteroatoms. The van der Waals surface area contributed by atoms with E-state index < -0.39 is 17.7 Å². The van der Waals surface area contributed by atoms with Gasteiger partial charge >= 0.3 is 5.97 Å². The van der Waals surface area contributed by atoms with Crippen molar-refractivity contribution in [3.63, 3.8) is 0 Å². The number of hydrogen-bond acceptors (Lipinski definition) is 5. The van der Waals surface area contributed by atoms with Gasteiger partial charge in [-0.05, 0) is 56.5 Å². The lowest BCUT2D eigenvalue weighted by Gasteiger charge is -2.45. The second kappa shape index (κ2) is 6.75. The van der Waals surface area contributed by atoms with E-state index >= 15 is 0 Å². The van der Waals surface area contributed by atoms with Crippen LogP contribution in [0.15, 0.2) is 42.7 Å². The molecule has 2 N–H and O–H groups in total. The first-order chi connectivity index (χ1) is 13.0. The summed E-state index contributed by atoms with van der Waals surface area (Å²) in [5.74, 6) is -0.970. The van der Waals surface area contributed by atoms with E-state index in [0.29, 0.717) is 12.3 Å². The molecule has 0 radical (unpaired) electrons. The van der Waals surface area contributed by atoms with Gasteiger partial charge in [0.15, 0.2) is 5.65 Å². The Bertz CT molecular complexity index is 977. The van der Waals surface area contributed by atoms with Crippen molar-refractivity contribution in [1.82, 2.24) is 14.8 Å². The summed E-state index contributed by atoms with van der Waals surface area (Å²) in [5.41, 5.74) is 1.80. The normalized spacial score (nSPS) is 16.8. The van der Waals surface area contributed by atoms with Crippen LogP contribution in [0.4, 0.5) is 0 Å². The van der Waals surface area contributed by atoms with Gasteiger partial charge < -0.3 is 14.9 Å². The van der Waals surface area contributed by atoms with E-state index in [9.17, 15) is 9.90 Å². The fraction of sp³-hybridized carbons (Fsp3) is 0.350. The molecule has 0 amide bonds. The number of rotatable bonds is 6. The monoisotopic (exact) mass is 367 g/mol. The number of aromatic carboxylic acids is 1. The van der Waals surface area contributed by atoms with Crippen LogP contribution in [0.1, 0.15) is 48.2 Å². The maximum absolute atomic E-state index is 11.0. The highest BCUT2D eigenvalue weighted by Gasteiger charge is 2.45. The van der Waals surface area contributed by atoms with Gasteiger partial charge in [-0.2, -0.15) is 5.10 Å². The van der Waals surface area contributed by atoms with Gasteiger partial charge in [-0.15, -0.1) is 0 Å². The number of aromatic nitrogens is 3. The van der Waals surface area contributed by atoms with E-state index in [-0.39, 0.29) is 5.56 Å². The van der Waals surface area contributed by atoms with Crippen molar-refractivity contribution in [2.45, 2.75) is 37.9 Å².